The summed E-state index contributed by atoms with van der Waals surface area (Å²) in [5.74, 6) is 1.33. The van der Waals surface area contributed by atoms with Gasteiger partial charge in [-0.05, 0) is 31.2 Å². The van der Waals surface area contributed by atoms with Crippen LogP contribution in [0.2, 0.25) is 0 Å². The van der Waals surface area contributed by atoms with E-state index in [1.807, 2.05) is 31.2 Å². The fourth-order valence-corrected chi connectivity index (χ4v) is 2.41. The van der Waals surface area contributed by atoms with E-state index >= 15 is 0 Å². The molecule has 1 saturated heterocycles. The van der Waals surface area contributed by atoms with Gasteiger partial charge in [0.1, 0.15) is 0 Å². The van der Waals surface area contributed by atoms with Crippen LogP contribution in [0.3, 0.4) is 0 Å². The Kier molecular flexibility index (Phi) is 7.45. The summed E-state index contributed by atoms with van der Waals surface area (Å²) in [5, 5.41) is 10.1. The Morgan fingerprint density at radius 1 is 1.33 bits per heavy atom. The van der Waals surface area contributed by atoms with Crippen LogP contribution in [0.4, 0.5) is 0 Å². The van der Waals surface area contributed by atoms with E-state index in [1.165, 1.54) is 5.56 Å². The highest BCUT2D eigenvalue weighted by molar-refractivity contribution is 14.0. The van der Waals surface area contributed by atoms with Crippen molar-refractivity contribution in [1.29, 1.82) is 0 Å². The zero-order valence-electron chi connectivity index (χ0n) is 12.8. The van der Waals surface area contributed by atoms with Gasteiger partial charge in [0.25, 0.3) is 0 Å². The number of nitrogens with zero attached hydrogens (tertiary/aromatic N) is 2. The molecule has 1 fully saturated rings. The molecular formula is C16H26IN3O. The van der Waals surface area contributed by atoms with Gasteiger partial charge in [0.15, 0.2) is 5.96 Å². The highest BCUT2D eigenvalue weighted by Gasteiger charge is 2.17. The van der Waals surface area contributed by atoms with Crippen molar-refractivity contribution >= 4 is 29.9 Å². The van der Waals surface area contributed by atoms with Crippen LogP contribution in [0, 0.1) is 12.8 Å². The number of rotatable bonds is 3. The molecular weight excluding hydrogens is 377 g/mol. The third kappa shape index (κ3) is 5.47. The Labute approximate surface area is 144 Å². The van der Waals surface area contributed by atoms with Gasteiger partial charge in [-0.2, -0.15) is 0 Å². The highest BCUT2D eigenvalue weighted by atomic mass is 127. The van der Waals surface area contributed by atoms with Crippen molar-refractivity contribution in [2.75, 3.05) is 19.6 Å². The molecule has 21 heavy (non-hydrogen) atoms. The van der Waals surface area contributed by atoms with Crippen molar-refractivity contribution in [3.8, 4) is 0 Å². The molecule has 118 valence electrons. The molecule has 1 aliphatic heterocycles. The van der Waals surface area contributed by atoms with Crippen molar-refractivity contribution in [2.45, 2.75) is 32.8 Å². The number of hydrogen-bond acceptors (Lipinski definition) is 2. The van der Waals surface area contributed by atoms with E-state index in [9.17, 15) is 5.11 Å². The zero-order valence-corrected chi connectivity index (χ0v) is 15.2. The van der Waals surface area contributed by atoms with E-state index in [-0.39, 0.29) is 24.0 Å². The first-order chi connectivity index (χ1) is 9.56. The summed E-state index contributed by atoms with van der Waals surface area (Å²) >= 11 is 0. The number of piperidine rings is 1. The van der Waals surface area contributed by atoms with Crippen LogP contribution in [0.5, 0.6) is 0 Å². The Bertz CT molecular complexity index is 453. The lowest BCUT2D eigenvalue weighted by Crippen LogP contribution is -2.42. The zero-order chi connectivity index (χ0) is 14.5. The Balaban J connectivity index is 0.00000220. The van der Waals surface area contributed by atoms with E-state index in [0.717, 1.165) is 37.4 Å². The Hall–Kier alpha value is -0.820. The second kappa shape index (κ2) is 8.58. The number of aliphatic imine (C=N–C) groups is 1. The lowest BCUT2D eigenvalue weighted by molar-refractivity contribution is 0.186. The lowest BCUT2D eigenvalue weighted by atomic mass is 10.00. The van der Waals surface area contributed by atoms with E-state index in [1.54, 1.807) is 0 Å². The molecule has 3 N–H and O–H groups in total. The van der Waals surface area contributed by atoms with Gasteiger partial charge in [-0.3, -0.25) is 4.99 Å². The molecule has 0 radical (unpaired) electrons. The second-order valence-corrected chi connectivity index (χ2v) is 5.79. The van der Waals surface area contributed by atoms with Gasteiger partial charge in [0, 0.05) is 13.1 Å². The quantitative estimate of drug-likeness (QED) is 0.464. The molecule has 0 spiro atoms. The third-order valence-corrected chi connectivity index (χ3v) is 4.00. The van der Waals surface area contributed by atoms with Crippen molar-refractivity contribution in [1.82, 2.24) is 4.90 Å². The van der Waals surface area contributed by atoms with Gasteiger partial charge in [0.05, 0.1) is 12.6 Å². The summed E-state index contributed by atoms with van der Waals surface area (Å²) < 4.78 is 0. The largest absolute Gasteiger partial charge is 0.386 e. The Morgan fingerprint density at radius 2 is 1.90 bits per heavy atom. The summed E-state index contributed by atoms with van der Waals surface area (Å²) in [5.41, 5.74) is 8.08. The first-order valence-electron chi connectivity index (χ1n) is 7.35. The second-order valence-electron chi connectivity index (χ2n) is 5.79. The van der Waals surface area contributed by atoms with Crippen LogP contribution >= 0.6 is 24.0 Å². The third-order valence-electron chi connectivity index (χ3n) is 4.00. The summed E-state index contributed by atoms with van der Waals surface area (Å²) in [6.07, 6.45) is 1.74. The summed E-state index contributed by atoms with van der Waals surface area (Å²) in [6, 6.07) is 7.87. The Morgan fingerprint density at radius 3 is 2.48 bits per heavy atom. The highest BCUT2D eigenvalue weighted by Crippen LogP contribution is 2.17. The molecule has 1 aromatic carbocycles. The van der Waals surface area contributed by atoms with Crippen molar-refractivity contribution in [3.63, 3.8) is 0 Å². The maximum absolute atomic E-state index is 10.1. The standard InChI is InChI=1S/C16H25N3O.HI/c1-12-3-5-14(6-4-12)15(20)11-18-16(17)19-9-7-13(2)8-10-19;/h3-6,13,15,20H,7-11H2,1-2H3,(H2,17,18);1H. The van der Waals surface area contributed by atoms with Gasteiger partial charge >= 0.3 is 0 Å². The van der Waals surface area contributed by atoms with E-state index in [2.05, 4.69) is 16.8 Å². The predicted molar refractivity (Wildman–Crippen MR) is 98.0 cm³/mol. The fourth-order valence-electron chi connectivity index (χ4n) is 2.41. The molecule has 0 amide bonds. The fraction of sp³-hybridized carbons (Fsp3) is 0.562. The minimum absolute atomic E-state index is 0. The number of guanidine groups is 1. The molecule has 1 heterocycles. The average molecular weight is 403 g/mol. The topological polar surface area (TPSA) is 61.9 Å². The van der Waals surface area contributed by atoms with Crippen molar-refractivity contribution in [3.05, 3.63) is 35.4 Å². The summed E-state index contributed by atoms with van der Waals surface area (Å²) in [4.78, 5) is 6.45. The molecule has 4 nitrogen and oxygen atoms in total. The van der Waals surface area contributed by atoms with Gasteiger partial charge < -0.3 is 15.7 Å². The number of aliphatic hydroxyl groups is 1. The van der Waals surface area contributed by atoms with E-state index in [0.29, 0.717) is 12.5 Å². The molecule has 1 unspecified atom stereocenters. The van der Waals surface area contributed by atoms with Gasteiger partial charge in [-0.25, -0.2) is 0 Å². The molecule has 2 rings (SSSR count). The predicted octanol–water partition coefficient (Wildman–Crippen LogP) is 2.69. The molecule has 1 aromatic rings. The number of aliphatic hydroxyl groups excluding tert-OH is 1. The number of halogens is 1. The molecule has 1 atom stereocenters. The maximum atomic E-state index is 10.1. The number of benzene rings is 1. The molecule has 1 aliphatic rings. The number of hydrogen-bond donors (Lipinski definition) is 2. The van der Waals surface area contributed by atoms with Gasteiger partial charge in [-0.15, -0.1) is 24.0 Å². The van der Waals surface area contributed by atoms with E-state index < -0.39 is 6.10 Å². The monoisotopic (exact) mass is 403 g/mol. The minimum Gasteiger partial charge on any atom is -0.386 e. The molecule has 5 heteroatoms. The average Bonchev–Trinajstić information content (AvgIpc) is 2.46. The first-order valence-corrected chi connectivity index (χ1v) is 7.35. The molecule has 0 saturated carbocycles. The van der Waals surface area contributed by atoms with Crippen LogP contribution in [0.15, 0.2) is 29.3 Å². The number of aryl methyl sites for hydroxylation is 1. The molecule has 0 aromatic heterocycles. The van der Waals surface area contributed by atoms with Crippen molar-refractivity contribution in [2.24, 2.45) is 16.6 Å². The van der Waals surface area contributed by atoms with Gasteiger partial charge in [0.2, 0.25) is 0 Å². The van der Waals surface area contributed by atoms with Crippen LogP contribution in [0.1, 0.15) is 37.0 Å². The number of nitrogens with two attached hydrogens (primary N) is 1. The van der Waals surface area contributed by atoms with Crippen LogP contribution in [0.25, 0.3) is 0 Å². The number of likely N-dealkylation sites (tertiary alicyclic amines) is 1. The van der Waals surface area contributed by atoms with Crippen LogP contribution in [-0.2, 0) is 0 Å². The SMILES string of the molecule is Cc1ccc(C(O)CN=C(N)N2CCC(C)CC2)cc1.I. The first kappa shape index (κ1) is 18.2. The normalized spacial score (nSPS) is 18.2. The smallest absolute Gasteiger partial charge is 0.191 e. The van der Waals surface area contributed by atoms with Crippen molar-refractivity contribution < 1.29 is 5.11 Å². The minimum atomic E-state index is -0.585. The van der Waals surface area contributed by atoms with Crippen LogP contribution < -0.4 is 5.73 Å². The summed E-state index contributed by atoms with van der Waals surface area (Å²) in [6.45, 7) is 6.56. The van der Waals surface area contributed by atoms with E-state index in [4.69, 9.17) is 5.73 Å². The molecule has 0 aliphatic carbocycles. The summed E-state index contributed by atoms with van der Waals surface area (Å²) in [7, 11) is 0. The molecule has 0 bridgehead atoms. The lowest BCUT2D eigenvalue weighted by Gasteiger charge is -2.31. The van der Waals surface area contributed by atoms with Crippen LogP contribution in [-0.4, -0.2) is 35.6 Å². The van der Waals surface area contributed by atoms with Gasteiger partial charge in [-0.1, -0.05) is 36.8 Å². The maximum Gasteiger partial charge on any atom is 0.191 e.